The quantitative estimate of drug-likeness (QED) is 0.522. The fraction of sp³-hybridized carbons (Fsp3) is 0.579. The molecule has 1 rings (SSSR count). The standard InChI is InChI=1S/C19H32N4O2/c1-14(15-7-9-16(25-6)10-8-15)11-12-21-18(20-5)22-13-17(24)23-19(2,3)4/h7-10,14H,11-13H2,1-6H3,(H,23,24)(H2,20,21,22). The summed E-state index contributed by atoms with van der Waals surface area (Å²) >= 11 is 0. The Balaban J connectivity index is 2.35. The normalized spacial score (nSPS) is 13.1. The van der Waals surface area contributed by atoms with Crippen LogP contribution in [0.2, 0.25) is 0 Å². The topological polar surface area (TPSA) is 74.8 Å². The predicted molar refractivity (Wildman–Crippen MR) is 103 cm³/mol. The third kappa shape index (κ3) is 8.42. The average Bonchev–Trinajstić information content (AvgIpc) is 2.56. The molecule has 0 fully saturated rings. The van der Waals surface area contributed by atoms with Gasteiger partial charge in [-0.3, -0.25) is 9.79 Å². The summed E-state index contributed by atoms with van der Waals surface area (Å²) in [6.45, 7) is 9.03. The molecule has 0 saturated carbocycles. The minimum atomic E-state index is -0.233. The van der Waals surface area contributed by atoms with Crippen molar-refractivity contribution in [2.24, 2.45) is 4.99 Å². The van der Waals surface area contributed by atoms with E-state index in [9.17, 15) is 4.79 Å². The van der Waals surface area contributed by atoms with Gasteiger partial charge in [-0.25, -0.2) is 0 Å². The van der Waals surface area contributed by atoms with Crippen LogP contribution in [0.15, 0.2) is 29.3 Å². The highest BCUT2D eigenvalue weighted by Gasteiger charge is 2.13. The smallest absolute Gasteiger partial charge is 0.239 e. The van der Waals surface area contributed by atoms with Gasteiger partial charge in [0.2, 0.25) is 5.91 Å². The Hall–Kier alpha value is -2.24. The lowest BCUT2D eigenvalue weighted by molar-refractivity contribution is -0.121. The Bertz CT molecular complexity index is 562. The minimum Gasteiger partial charge on any atom is -0.497 e. The van der Waals surface area contributed by atoms with E-state index in [2.05, 4.69) is 40.0 Å². The molecule has 0 bridgehead atoms. The van der Waals surface area contributed by atoms with Crippen LogP contribution in [-0.2, 0) is 4.79 Å². The second-order valence-corrected chi connectivity index (χ2v) is 7.11. The van der Waals surface area contributed by atoms with E-state index in [1.807, 2.05) is 32.9 Å². The van der Waals surface area contributed by atoms with Crippen LogP contribution in [0.3, 0.4) is 0 Å². The van der Waals surface area contributed by atoms with Crippen molar-refractivity contribution in [3.8, 4) is 5.75 Å². The number of amides is 1. The Kier molecular flexibility index (Phi) is 8.25. The van der Waals surface area contributed by atoms with E-state index in [0.717, 1.165) is 18.7 Å². The van der Waals surface area contributed by atoms with Crippen LogP contribution >= 0.6 is 0 Å². The zero-order chi connectivity index (χ0) is 18.9. The molecule has 1 unspecified atom stereocenters. The second-order valence-electron chi connectivity index (χ2n) is 7.11. The van der Waals surface area contributed by atoms with Crippen LogP contribution in [0.1, 0.15) is 45.6 Å². The number of rotatable bonds is 7. The van der Waals surface area contributed by atoms with Gasteiger partial charge < -0.3 is 20.7 Å². The number of carbonyl (C=O) groups is 1. The summed E-state index contributed by atoms with van der Waals surface area (Å²) in [6.07, 6.45) is 0.960. The summed E-state index contributed by atoms with van der Waals surface area (Å²) in [5, 5.41) is 9.18. The highest BCUT2D eigenvalue weighted by atomic mass is 16.5. The first-order valence-electron chi connectivity index (χ1n) is 8.64. The van der Waals surface area contributed by atoms with Gasteiger partial charge in [0, 0.05) is 19.1 Å². The number of nitrogens with zero attached hydrogens (tertiary/aromatic N) is 1. The molecular weight excluding hydrogens is 316 g/mol. The number of benzene rings is 1. The lowest BCUT2D eigenvalue weighted by Crippen LogP contribution is -2.48. The van der Waals surface area contributed by atoms with Crippen molar-refractivity contribution in [3.63, 3.8) is 0 Å². The number of guanidine groups is 1. The van der Waals surface area contributed by atoms with Crippen molar-refractivity contribution < 1.29 is 9.53 Å². The molecule has 6 nitrogen and oxygen atoms in total. The van der Waals surface area contributed by atoms with Gasteiger partial charge in [0.05, 0.1) is 13.7 Å². The Morgan fingerprint density at radius 3 is 2.36 bits per heavy atom. The van der Waals surface area contributed by atoms with Crippen molar-refractivity contribution in [3.05, 3.63) is 29.8 Å². The fourth-order valence-electron chi connectivity index (χ4n) is 2.35. The molecule has 0 aliphatic heterocycles. The first-order chi connectivity index (χ1) is 11.7. The van der Waals surface area contributed by atoms with E-state index in [0.29, 0.717) is 11.9 Å². The van der Waals surface area contributed by atoms with Crippen LogP contribution in [0, 0.1) is 0 Å². The van der Waals surface area contributed by atoms with Crippen LogP contribution in [0.25, 0.3) is 0 Å². The number of aliphatic imine (C=N–C) groups is 1. The minimum absolute atomic E-state index is 0.0537. The maximum absolute atomic E-state index is 11.8. The third-order valence-electron chi connectivity index (χ3n) is 3.71. The molecule has 0 aliphatic rings. The van der Waals surface area contributed by atoms with Crippen LogP contribution in [0.5, 0.6) is 5.75 Å². The first kappa shape index (κ1) is 20.8. The highest BCUT2D eigenvalue weighted by molar-refractivity contribution is 5.86. The lowest BCUT2D eigenvalue weighted by Gasteiger charge is -2.21. The number of hydrogen-bond donors (Lipinski definition) is 3. The molecule has 3 N–H and O–H groups in total. The monoisotopic (exact) mass is 348 g/mol. The number of nitrogens with one attached hydrogen (secondary N) is 3. The molecule has 0 saturated heterocycles. The molecule has 1 amide bonds. The number of hydrogen-bond acceptors (Lipinski definition) is 3. The van der Waals surface area contributed by atoms with Gasteiger partial charge in [0.25, 0.3) is 0 Å². The van der Waals surface area contributed by atoms with E-state index in [1.54, 1.807) is 14.2 Å². The van der Waals surface area contributed by atoms with Crippen molar-refractivity contribution >= 4 is 11.9 Å². The molecule has 140 valence electrons. The van der Waals surface area contributed by atoms with Gasteiger partial charge in [-0.05, 0) is 50.8 Å². The SMILES string of the molecule is CN=C(NCCC(C)c1ccc(OC)cc1)NCC(=O)NC(C)(C)C. The van der Waals surface area contributed by atoms with Crippen molar-refractivity contribution in [2.45, 2.75) is 45.6 Å². The van der Waals surface area contributed by atoms with Gasteiger partial charge in [0.1, 0.15) is 5.75 Å². The first-order valence-corrected chi connectivity index (χ1v) is 8.64. The largest absolute Gasteiger partial charge is 0.497 e. The Labute approximate surface area is 151 Å². The van der Waals surface area contributed by atoms with E-state index < -0.39 is 0 Å². The molecule has 1 atom stereocenters. The maximum atomic E-state index is 11.8. The summed E-state index contributed by atoms with van der Waals surface area (Å²) < 4.78 is 5.18. The number of methoxy groups -OCH3 is 1. The molecule has 0 heterocycles. The van der Waals surface area contributed by atoms with Gasteiger partial charge in [-0.15, -0.1) is 0 Å². The molecule has 6 heteroatoms. The van der Waals surface area contributed by atoms with Crippen molar-refractivity contribution in [2.75, 3.05) is 27.2 Å². The third-order valence-corrected chi connectivity index (χ3v) is 3.71. The molecule has 0 aliphatic carbocycles. The van der Waals surface area contributed by atoms with Gasteiger partial charge >= 0.3 is 0 Å². The molecule has 0 aromatic heterocycles. The highest BCUT2D eigenvalue weighted by Crippen LogP contribution is 2.21. The van der Waals surface area contributed by atoms with E-state index >= 15 is 0 Å². The Morgan fingerprint density at radius 1 is 1.20 bits per heavy atom. The summed E-state index contributed by atoms with van der Waals surface area (Å²) in [7, 11) is 3.37. The van der Waals surface area contributed by atoms with Crippen LogP contribution in [0.4, 0.5) is 0 Å². The second kappa shape index (κ2) is 9.91. The van der Waals surface area contributed by atoms with Gasteiger partial charge in [0.15, 0.2) is 5.96 Å². The van der Waals surface area contributed by atoms with Crippen molar-refractivity contribution in [1.29, 1.82) is 0 Å². The molecule has 1 aromatic rings. The van der Waals surface area contributed by atoms with Crippen molar-refractivity contribution in [1.82, 2.24) is 16.0 Å². The number of ether oxygens (including phenoxy) is 1. The molecule has 0 spiro atoms. The average molecular weight is 348 g/mol. The van der Waals surface area contributed by atoms with Crippen LogP contribution < -0.4 is 20.7 Å². The van der Waals surface area contributed by atoms with Crippen LogP contribution in [-0.4, -0.2) is 44.7 Å². The summed E-state index contributed by atoms with van der Waals surface area (Å²) in [4.78, 5) is 16.0. The molecular formula is C19H32N4O2. The van der Waals surface area contributed by atoms with Gasteiger partial charge in [-0.1, -0.05) is 19.1 Å². The zero-order valence-corrected chi connectivity index (χ0v) is 16.3. The maximum Gasteiger partial charge on any atom is 0.239 e. The van der Waals surface area contributed by atoms with E-state index in [4.69, 9.17) is 4.74 Å². The molecule has 1 aromatic carbocycles. The van der Waals surface area contributed by atoms with Gasteiger partial charge in [-0.2, -0.15) is 0 Å². The fourth-order valence-corrected chi connectivity index (χ4v) is 2.35. The van der Waals surface area contributed by atoms with E-state index in [1.165, 1.54) is 5.56 Å². The summed E-state index contributed by atoms with van der Waals surface area (Å²) in [5.41, 5.74) is 1.04. The predicted octanol–water partition coefficient (Wildman–Crippen LogP) is 2.27. The summed E-state index contributed by atoms with van der Waals surface area (Å²) in [5.74, 6) is 1.86. The Morgan fingerprint density at radius 2 is 1.84 bits per heavy atom. The number of carbonyl (C=O) groups excluding carboxylic acids is 1. The van der Waals surface area contributed by atoms with E-state index in [-0.39, 0.29) is 18.0 Å². The molecule has 0 radical (unpaired) electrons. The zero-order valence-electron chi connectivity index (χ0n) is 16.3. The summed E-state index contributed by atoms with van der Waals surface area (Å²) in [6, 6.07) is 8.14. The molecule has 25 heavy (non-hydrogen) atoms. The lowest BCUT2D eigenvalue weighted by atomic mass is 9.98.